The molecule has 2 aromatic heterocycles. The van der Waals surface area contributed by atoms with Crippen molar-refractivity contribution in [3.05, 3.63) is 60.6 Å². The fourth-order valence-corrected chi connectivity index (χ4v) is 2.66. The molecule has 0 atom stereocenters. The topological polar surface area (TPSA) is 58.2 Å². The summed E-state index contributed by atoms with van der Waals surface area (Å²) in [4.78, 5) is 21.4. The molecular weight excluding hydrogens is 278 g/mol. The summed E-state index contributed by atoms with van der Waals surface area (Å²) < 4.78 is 5.76. The van der Waals surface area contributed by atoms with Crippen LogP contribution in [0.1, 0.15) is 10.4 Å². The van der Waals surface area contributed by atoms with Crippen molar-refractivity contribution >= 4 is 16.8 Å². The van der Waals surface area contributed by atoms with E-state index in [1.165, 1.54) is 0 Å². The molecule has 3 aromatic rings. The lowest BCUT2D eigenvalue weighted by atomic mass is 10.1. The van der Waals surface area contributed by atoms with E-state index in [4.69, 9.17) is 4.74 Å². The number of likely N-dealkylation sites (tertiary alicyclic amines) is 1. The van der Waals surface area contributed by atoms with Crippen molar-refractivity contribution in [2.24, 2.45) is 0 Å². The lowest BCUT2D eigenvalue weighted by molar-refractivity contribution is 0.0177. The fraction of sp³-hybridized carbons (Fsp3) is 0.176. The average molecular weight is 293 g/mol. The van der Waals surface area contributed by atoms with Crippen LogP contribution in [0.25, 0.3) is 10.9 Å². The SMILES string of the molecule is O=C(c1ccc2[nH]ccc2c1)N1CC(Oc2cccnc2)C1. The first kappa shape index (κ1) is 12.9. The van der Waals surface area contributed by atoms with Crippen molar-refractivity contribution in [1.29, 1.82) is 0 Å². The lowest BCUT2D eigenvalue weighted by Crippen LogP contribution is -2.56. The number of ether oxygens (including phenoxy) is 1. The third kappa shape index (κ3) is 2.30. The van der Waals surface area contributed by atoms with Gasteiger partial charge in [-0.3, -0.25) is 9.78 Å². The van der Waals surface area contributed by atoms with Gasteiger partial charge in [-0.05, 0) is 36.4 Å². The van der Waals surface area contributed by atoms with E-state index in [1.54, 1.807) is 17.3 Å². The van der Waals surface area contributed by atoms with Crippen LogP contribution in [0.5, 0.6) is 5.75 Å². The lowest BCUT2D eigenvalue weighted by Gasteiger charge is -2.38. The second-order valence-corrected chi connectivity index (χ2v) is 5.42. The van der Waals surface area contributed by atoms with Crippen molar-refractivity contribution in [1.82, 2.24) is 14.9 Å². The van der Waals surface area contributed by atoms with Crippen LogP contribution in [0, 0.1) is 0 Å². The molecule has 0 bridgehead atoms. The number of rotatable bonds is 3. The molecule has 1 aliphatic rings. The quantitative estimate of drug-likeness (QED) is 0.807. The summed E-state index contributed by atoms with van der Waals surface area (Å²) in [6, 6.07) is 11.4. The van der Waals surface area contributed by atoms with Gasteiger partial charge < -0.3 is 14.6 Å². The Balaban J connectivity index is 1.40. The second kappa shape index (κ2) is 5.18. The van der Waals surface area contributed by atoms with Crippen LogP contribution >= 0.6 is 0 Å². The molecule has 110 valence electrons. The van der Waals surface area contributed by atoms with E-state index in [0.29, 0.717) is 18.7 Å². The monoisotopic (exact) mass is 293 g/mol. The summed E-state index contributed by atoms with van der Waals surface area (Å²) in [6.45, 7) is 1.22. The summed E-state index contributed by atoms with van der Waals surface area (Å²) in [5, 5.41) is 1.05. The van der Waals surface area contributed by atoms with E-state index >= 15 is 0 Å². The maximum atomic E-state index is 12.4. The number of amides is 1. The molecule has 5 nitrogen and oxygen atoms in total. The summed E-state index contributed by atoms with van der Waals surface area (Å²) in [7, 11) is 0. The van der Waals surface area contributed by atoms with Crippen molar-refractivity contribution in [3.8, 4) is 5.75 Å². The van der Waals surface area contributed by atoms with Crippen LogP contribution in [0.15, 0.2) is 55.0 Å². The van der Waals surface area contributed by atoms with Gasteiger partial charge in [0.25, 0.3) is 5.91 Å². The maximum Gasteiger partial charge on any atom is 0.254 e. The Bertz CT molecular complexity index is 807. The van der Waals surface area contributed by atoms with E-state index in [2.05, 4.69) is 9.97 Å². The van der Waals surface area contributed by atoms with Gasteiger partial charge in [0.2, 0.25) is 0 Å². The van der Waals surface area contributed by atoms with E-state index in [9.17, 15) is 4.79 Å². The number of nitrogens with one attached hydrogen (secondary N) is 1. The Morgan fingerprint density at radius 2 is 2.18 bits per heavy atom. The highest BCUT2D eigenvalue weighted by atomic mass is 16.5. The predicted molar refractivity (Wildman–Crippen MR) is 82.9 cm³/mol. The first-order valence-electron chi connectivity index (χ1n) is 7.23. The van der Waals surface area contributed by atoms with Crippen LogP contribution in [0.4, 0.5) is 0 Å². The number of pyridine rings is 1. The maximum absolute atomic E-state index is 12.4. The summed E-state index contributed by atoms with van der Waals surface area (Å²) in [5.41, 5.74) is 1.75. The Hall–Kier alpha value is -2.82. The van der Waals surface area contributed by atoms with Crippen LogP contribution < -0.4 is 4.74 Å². The van der Waals surface area contributed by atoms with Crippen molar-refractivity contribution in [2.45, 2.75) is 6.10 Å². The molecule has 1 amide bonds. The molecule has 1 fully saturated rings. The minimum absolute atomic E-state index is 0.0455. The minimum atomic E-state index is 0.0455. The van der Waals surface area contributed by atoms with Gasteiger partial charge in [0.15, 0.2) is 0 Å². The largest absolute Gasteiger partial charge is 0.485 e. The van der Waals surface area contributed by atoms with Gasteiger partial charge in [0.1, 0.15) is 11.9 Å². The highest BCUT2D eigenvalue weighted by molar-refractivity contribution is 5.98. The van der Waals surface area contributed by atoms with E-state index in [-0.39, 0.29) is 12.0 Å². The molecule has 1 N–H and O–H groups in total. The minimum Gasteiger partial charge on any atom is -0.485 e. The van der Waals surface area contributed by atoms with Gasteiger partial charge in [0, 0.05) is 28.9 Å². The van der Waals surface area contributed by atoms with Crippen molar-refractivity contribution in [2.75, 3.05) is 13.1 Å². The van der Waals surface area contributed by atoms with Gasteiger partial charge in [-0.2, -0.15) is 0 Å². The second-order valence-electron chi connectivity index (χ2n) is 5.42. The molecule has 1 aliphatic heterocycles. The molecule has 3 heterocycles. The summed E-state index contributed by atoms with van der Waals surface area (Å²) >= 11 is 0. The van der Waals surface area contributed by atoms with Crippen LogP contribution in [-0.2, 0) is 0 Å². The molecule has 22 heavy (non-hydrogen) atoms. The Morgan fingerprint density at radius 3 is 3.00 bits per heavy atom. The number of carbonyl (C=O) groups excluding carboxylic acids is 1. The smallest absolute Gasteiger partial charge is 0.254 e. The standard InChI is InChI=1S/C17H15N3O2/c21-17(13-3-4-16-12(8-13)5-7-19-16)20-10-15(11-20)22-14-2-1-6-18-9-14/h1-9,15,19H,10-11H2. The summed E-state index contributed by atoms with van der Waals surface area (Å²) in [6.07, 6.45) is 5.31. The Kier molecular flexibility index (Phi) is 3.04. The summed E-state index contributed by atoms with van der Waals surface area (Å²) in [5.74, 6) is 0.794. The zero-order valence-electron chi connectivity index (χ0n) is 11.9. The first-order chi connectivity index (χ1) is 10.8. The molecule has 1 saturated heterocycles. The highest BCUT2D eigenvalue weighted by Crippen LogP contribution is 2.21. The van der Waals surface area contributed by atoms with Gasteiger partial charge in [0.05, 0.1) is 19.3 Å². The van der Waals surface area contributed by atoms with Crippen LogP contribution in [0.3, 0.4) is 0 Å². The normalized spacial score (nSPS) is 14.8. The molecule has 1 aromatic carbocycles. The van der Waals surface area contributed by atoms with Gasteiger partial charge in [-0.25, -0.2) is 0 Å². The third-order valence-electron chi connectivity index (χ3n) is 3.87. The van der Waals surface area contributed by atoms with Crippen LogP contribution in [0.2, 0.25) is 0 Å². The molecule has 0 radical (unpaired) electrons. The highest BCUT2D eigenvalue weighted by Gasteiger charge is 2.32. The molecule has 5 heteroatoms. The molecule has 0 aliphatic carbocycles. The fourth-order valence-electron chi connectivity index (χ4n) is 2.66. The molecule has 4 rings (SSSR count). The number of aromatic amines is 1. The third-order valence-corrected chi connectivity index (χ3v) is 3.87. The van der Waals surface area contributed by atoms with E-state index < -0.39 is 0 Å². The van der Waals surface area contributed by atoms with Crippen molar-refractivity contribution < 1.29 is 9.53 Å². The Labute approximate surface area is 127 Å². The number of fused-ring (bicyclic) bond motifs is 1. The van der Waals surface area contributed by atoms with Gasteiger partial charge in [-0.15, -0.1) is 0 Å². The molecule has 0 saturated carbocycles. The predicted octanol–water partition coefficient (Wildman–Crippen LogP) is 2.47. The van der Waals surface area contributed by atoms with Crippen molar-refractivity contribution in [3.63, 3.8) is 0 Å². The number of benzene rings is 1. The van der Waals surface area contributed by atoms with E-state index in [1.807, 2.05) is 42.6 Å². The number of aromatic nitrogens is 2. The molecular formula is C17H15N3O2. The number of hydrogen-bond acceptors (Lipinski definition) is 3. The van der Waals surface area contributed by atoms with Gasteiger partial charge >= 0.3 is 0 Å². The van der Waals surface area contributed by atoms with E-state index in [0.717, 1.165) is 16.7 Å². The molecule has 0 unspecified atom stereocenters. The number of H-pyrrole nitrogens is 1. The number of hydrogen-bond donors (Lipinski definition) is 1. The number of carbonyl (C=O) groups is 1. The molecule has 0 spiro atoms. The first-order valence-corrected chi connectivity index (χ1v) is 7.23. The zero-order valence-corrected chi connectivity index (χ0v) is 11.9. The Morgan fingerprint density at radius 1 is 1.27 bits per heavy atom. The number of nitrogens with zero attached hydrogens (tertiary/aromatic N) is 2. The van der Waals surface area contributed by atoms with Crippen LogP contribution in [-0.4, -0.2) is 40.0 Å². The van der Waals surface area contributed by atoms with Gasteiger partial charge in [-0.1, -0.05) is 0 Å². The zero-order chi connectivity index (χ0) is 14.9. The average Bonchev–Trinajstić information content (AvgIpc) is 2.98.